The molecule has 158 valence electrons. The zero-order valence-electron chi connectivity index (χ0n) is 15.8. The Hall–Kier alpha value is -2.23. The maximum Gasteiger partial charge on any atom is 0.416 e. The van der Waals surface area contributed by atoms with E-state index in [0.29, 0.717) is 18.0 Å². The number of hydrogen-bond donors (Lipinski definition) is 2. The molecule has 3 amide bonds. The van der Waals surface area contributed by atoms with Crippen LogP contribution in [0.1, 0.15) is 38.2 Å². The van der Waals surface area contributed by atoms with Gasteiger partial charge in [-0.15, -0.1) is 11.8 Å². The Morgan fingerprint density at radius 3 is 2.62 bits per heavy atom. The summed E-state index contributed by atoms with van der Waals surface area (Å²) in [5, 5.41) is 4.29. The number of nitrogens with one attached hydrogen (secondary N) is 2. The second-order valence-electron chi connectivity index (χ2n) is 7.18. The highest BCUT2D eigenvalue weighted by Gasteiger charge is 2.34. The molecule has 29 heavy (non-hydrogen) atoms. The molecule has 10 heteroatoms. The normalized spacial score (nSPS) is 20.5. The van der Waals surface area contributed by atoms with Gasteiger partial charge in [0, 0.05) is 24.4 Å². The predicted octanol–water partition coefficient (Wildman–Crippen LogP) is 3.03. The molecule has 1 saturated heterocycles. The number of carbonyl (C=O) groups excluding carboxylic acids is 3. The van der Waals surface area contributed by atoms with Crippen molar-refractivity contribution in [3.63, 3.8) is 0 Å². The number of benzene rings is 1. The van der Waals surface area contributed by atoms with Crippen molar-refractivity contribution in [2.24, 2.45) is 0 Å². The van der Waals surface area contributed by atoms with Gasteiger partial charge in [-0.1, -0.05) is 0 Å². The van der Waals surface area contributed by atoms with Gasteiger partial charge in [0.25, 0.3) is 0 Å². The van der Waals surface area contributed by atoms with Crippen molar-refractivity contribution in [3.05, 3.63) is 23.8 Å². The molecule has 0 radical (unpaired) electrons. The van der Waals surface area contributed by atoms with Crippen molar-refractivity contribution < 1.29 is 27.6 Å². The molecule has 1 fully saturated rings. The monoisotopic (exact) mass is 429 g/mol. The second-order valence-corrected chi connectivity index (χ2v) is 8.43. The third-order valence-electron chi connectivity index (χ3n) is 4.91. The van der Waals surface area contributed by atoms with Gasteiger partial charge in [0.05, 0.1) is 16.5 Å². The van der Waals surface area contributed by atoms with Gasteiger partial charge >= 0.3 is 6.18 Å². The SMILES string of the molecule is C[C@@H](NC(=O)C[C@H]1Sc2ccc(C(F)(F)F)cc2NC1=O)C(=O)N1CCCCC1. The van der Waals surface area contributed by atoms with Crippen molar-refractivity contribution in [2.75, 3.05) is 18.4 Å². The van der Waals surface area contributed by atoms with Crippen LogP contribution in [0.2, 0.25) is 0 Å². The van der Waals surface area contributed by atoms with E-state index in [2.05, 4.69) is 10.6 Å². The summed E-state index contributed by atoms with van der Waals surface area (Å²) in [6.07, 6.45) is -1.70. The van der Waals surface area contributed by atoms with Crippen LogP contribution in [-0.2, 0) is 20.6 Å². The van der Waals surface area contributed by atoms with Gasteiger partial charge in [-0.05, 0) is 44.4 Å². The number of carbonyl (C=O) groups is 3. The number of thioether (sulfide) groups is 1. The van der Waals surface area contributed by atoms with Gasteiger partial charge in [-0.2, -0.15) is 13.2 Å². The fraction of sp³-hybridized carbons (Fsp3) is 0.526. The summed E-state index contributed by atoms with van der Waals surface area (Å²) < 4.78 is 38.5. The number of nitrogens with zero attached hydrogens (tertiary/aromatic N) is 1. The summed E-state index contributed by atoms with van der Waals surface area (Å²) in [6, 6.07) is 2.42. The molecule has 0 aromatic heterocycles. The van der Waals surface area contributed by atoms with Gasteiger partial charge in [0.15, 0.2) is 0 Å². The number of fused-ring (bicyclic) bond motifs is 1. The molecule has 2 atom stereocenters. The van der Waals surface area contributed by atoms with Crippen LogP contribution in [0.25, 0.3) is 0 Å². The van der Waals surface area contributed by atoms with Gasteiger partial charge in [0.1, 0.15) is 6.04 Å². The Balaban J connectivity index is 1.58. The molecule has 0 bridgehead atoms. The molecule has 2 aliphatic rings. The van der Waals surface area contributed by atoms with Gasteiger partial charge in [-0.25, -0.2) is 0 Å². The van der Waals surface area contributed by atoms with Crippen LogP contribution in [0, 0.1) is 0 Å². The zero-order chi connectivity index (χ0) is 21.2. The van der Waals surface area contributed by atoms with Gasteiger partial charge < -0.3 is 15.5 Å². The van der Waals surface area contributed by atoms with Crippen LogP contribution in [-0.4, -0.2) is 47.0 Å². The lowest BCUT2D eigenvalue weighted by Crippen LogP contribution is -2.49. The van der Waals surface area contributed by atoms with Crippen LogP contribution in [0.4, 0.5) is 18.9 Å². The first-order chi connectivity index (χ1) is 13.6. The Bertz CT molecular complexity index is 810. The number of amides is 3. The average molecular weight is 429 g/mol. The van der Waals surface area contributed by atoms with Crippen LogP contribution in [0.5, 0.6) is 0 Å². The quantitative estimate of drug-likeness (QED) is 0.771. The lowest BCUT2D eigenvalue weighted by atomic mass is 10.1. The molecule has 6 nitrogen and oxygen atoms in total. The highest BCUT2D eigenvalue weighted by Crippen LogP contribution is 2.40. The van der Waals surface area contributed by atoms with E-state index >= 15 is 0 Å². The zero-order valence-corrected chi connectivity index (χ0v) is 16.7. The Morgan fingerprint density at radius 1 is 1.28 bits per heavy atom. The summed E-state index contributed by atoms with van der Waals surface area (Å²) in [7, 11) is 0. The first-order valence-electron chi connectivity index (χ1n) is 9.42. The molecule has 1 aromatic rings. The van der Waals surface area contributed by atoms with E-state index in [9.17, 15) is 27.6 Å². The van der Waals surface area contributed by atoms with E-state index in [0.717, 1.165) is 43.2 Å². The third kappa shape index (κ3) is 5.23. The van der Waals surface area contributed by atoms with E-state index < -0.39 is 34.8 Å². The molecule has 3 rings (SSSR count). The van der Waals surface area contributed by atoms with Crippen molar-refractivity contribution in [1.29, 1.82) is 0 Å². The number of hydrogen-bond acceptors (Lipinski definition) is 4. The highest BCUT2D eigenvalue weighted by atomic mass is 32.2. The van der Waals surface area contributed by atoms with Crippen LogP contribution in [0.15, 0.2) is 23.1 Å². The fourth-order valence-corrected chi connectivity index (χ4v) is 4.47. The van der Waals surface area contributed by atoms with Gasteiger partial charge in [0.2, 0.25) is 17.7 Å². The van der Waals surface area contributed by atoms with Crippen molar-refractivity contribution >= 4 is 35.2 Å². The van der Waals surface area contributed by atoms with Crippen LogP contribution >= 0.6 is 11.8 Å². The highest BCUT2D eigenvalue weighted by molar-refractivity contribution is 8.01. The number of likely N-dealkylation sites (tertiary alicyclic amines) is 1. The molecule has 0 unspecified atom stereocenters. The Kier molecular flexibility index (Phi) is 6.40. The largest absolute Gasteiger partial charge is 0.416 e. The lowest BCUT2D eigenvalue weighted by molar-refractivity contribution is -0.137. The number of halogens is 3. The van der Waals surface area contributed by atoms with Crippen molar-refractivity contribution in [1.82, 2.24) is 10.2 Å². The first kappa shape index (κ1) is 21.5. The van der Waals surface area contributed by atoms with Crippen LogP contribution in [0.3, 0.4) is 0 Å². The summed E-state index contributed by atoms with van der Waals surface area (Å²) in [6.45, 7) is 2.96. The smallest absolute Gasteiger partial charge is 0.345 e. The number of rotatable bonds is 4. The number of alkyl halides is 3. The lowest BCUT2D eigenvalue weighted by Gasteiger charge is -2.30. The molecular weight excluding hydrogens is 407 g/mol. The molecule has 2 N–H and O–H groups in total. The van der Waals surface area contributed by atoms with Crippen molar-refractivity contribution in [2.45, 2.75) is 55.0 Å². The minimum absolute atomic E-state index is 0.0835. The molecule has 2 heterocycles. The topological polar surface area (TPSA) is 78.5 Å². The van der Waals surface area contributed by atoms with E-state index in [1.165, 1.54) is 6.07 Å². The van der Waals surface area contributed by atoms with Crippen molar-refractivity contribution in [3.8, 4) is 0 Å². The third-order valence-corrected chi connectivity index (χ3v) is 6.19. The first-order valence-corrected chi connectivity index (χ1v) is 10.3. The maximum absolute atomic E-state index is 12.8. The Morgan fingerprint density at radius 2 is 1.97 bits per heavy atom. The molecule has 1 aromatic carbocycles. The summed E-state index contributed by atoms with van der Waals surface area (Å²) in [5.74, 6) is -1.14. The number of piperidine rings is 1. The Labute approximate surface area is 170 Å². The number of anilines is 1. The maximum atomic E-state index is 12.8. The summed E-state index contributed by atoms with van der Waals surface area (Å²) >= 11 is 1.04. The van der Waals surface area contributed by atoms with E-state index in [4.69, 9.17) is 0 Å². The summed E-state index contributed by atoms with van der Waals surface area (Å²) in [5.41, 5.74) is -0.765. The van der Waals surface area contributed by atoms with E-state index in [-0.39, 0.29) is 18.0 Å². The standard InChI is InChI=1S/C19H22F3N3O3S/c1-11(18(28)25-7-3-2-4-8-25)23-16(26)10-15-17(27)24-13-9-12(19(20,21)22)5-6-14(13)29-15/h5-6,9,11,15H,2-4,7-8,10H2,1H3,(H,23,26)(H,24,27)/t11-,15-/m1/s1. The minimum atomic E-state index is -4.50. The molecule has 0 saturated carbocycles. The predicted molar refractivity (Wildman–Crippen MR) is 102 cm³/mol. The van der Waals surface area contributed by atoms with Crippen LogP contribution < -0.4 is 10.6 Å². The molecule has 2 aliphatic heterocycles. The van der Waals surface area contributed by atoms with Gasteiger partial charge in [-0.3, -0.25) is 14.4 Å². The fourth-order valence-electron chi connectivity index (χ4n) is 3.38. The molecule has 0 aliphatic carbocycles. The molecular formula is C19H22F3N3O3S. The summed E-state index contributed by atoms with van der Waals surface area (Å²) in [4.78, 5) is 39.2. The van der Waals surface area contributed by atoms with E-state index in [1.54, 1.807) is 11.8 Å². The second kappa shape index (κ2) is 8.64. The minimum Gasteiger partial charge on any atom is -0.345 e. The average Bonchev–Trinajstić information content (AvgIpc) is 2.67. The van der Waals surface area contributed by atoms with E-state index in [1.807, 2.05) is 0 Å². The molecule has 0 spiro atoms.